The second-order valence-electron chi connectivity index (χ2n) is 6.36. The Morgan fingerprint density at radius 2 is 2.20 bits per heavy atom. The van der Waals surface area contributed by atoms with Gasteiger partial charge in [-0.2, -0.15) is 0 Å². The standard InChI is InChI=1S/C14H22N2O4/c1-9-5-16(7-11(20-9)12(17)18)6-10-8-19-13(15-10)14(2,3)4/h8-9,11H,5-7H2,1-4H3,(H,17,18)/t9-,11-/m1/s1. The molecule has 1 aliphatic rings. The van der Waals surface area contributed by atoms with E-state index in [4.69, 9.17) is 14.3 Å². The number of aromatic nitrogens is 1. The predicted molar refractivity (Wildman–Crippen MR) is 72.5 cm³/mol. The van der Waals surface area contributed by atoms with E-state index < -0.39 is 12.1 Å². The first-order valence-electron chi connectivity index (χ1n) is 6.81. The molecule has 1 N–H and O–H groups in total. The average molecular weight is 282 g/mol. The number of oxazole rings is 1. The van der Waals surface area contributed by atoms with Crippen molar-refractivity contribution in [1.29, 1.82) is 0 Å². The Morgan fingerprint density at radius 3 is 2.75 bits per heavy atom. The first-order chi connectivity index (χ1) is 9.25. The molecule has 1 aromatic heterocycles. The third kappa shape index (κ3) is 3.58. The zero-order valence-electron chi connectivity index (χ0n) is 12.4. The van der Waals surface area contributed by atoms with Gasteiger partial charge >= 0.3 is 5.97 Å². The Morgan fingerprint density at radius 1 is 1.50 bits per heavy atom. The number of nitrogens with zero attached hydrogens (tertiary/aromatic N) is 2. The van der Waals surface area contributed by atoms with Gasteiger partial charge in [0, 0.05) is 25.0 Å². The molecule has 20 heavy (non-hydrogen) atoms. The third-order valence-electron chi connectivity index (χ3n) is 3.19. The molecule has 112 valence electrons. The van der Waals surface area contributed by atoms with Crippen molar-refractivity contribution in [3.8, 4) is 0 Å². The van der Waals surface area contributed by atoms with E-state index >= 15 is 0 Å². The monoisotopic (exact) mass is 282 g/mol. The zero-order valence-corrected chi connectivity index (χ0v) is 12.4. The van der Waals surface area contributed by atoms with Crippen LogP contribution in [0.25, 0.3) is 0 Å². The smallest absolute Gasteiger partial charge is 0.334 e. The number of hydrogen-bond acceptors (Lipinski definition) is 5. The highest BCUT2D eigenvalue weighted by molar-refractivity contribution is 5.72. The van der Waals surface area contributed by atoms with E-state index in [1.807, 2.05) is 32.6 Å². The van der Waals surface area contributed by atoms with Crippen LogP contribution in [0, 0.1) is 0 Å². The van der Waals surface area contributed by atoms with Gasteiger partial charge in [0.05, 0.1) is 11.8 Å². The van der Waals surface area contributed by atoms with Crippen LogP contribution in [0.3, 0.4) is 0 Å². The van der Waals surface area contributed by atoms with Crippen molar-refractivity contribution in [2.45, 2.75) is 51.9 Å². The van der Waals surface area contributed by atoms with E-state index in [-0.39, 0.29) is 11.5 Å². The van der Waals surface area contributed by atoms with Crippen molar-refractivity contribution in [2.75, 3.05) is 13.1 Å². The molecule has 1 fully saturated rings. The summed E-state index contributed by atoms with van der Waals surface area (Å²) >= 11 is 0. The van der Waals surface area contributed by atoms with Gasteiger partial charge in [0.2, 0.25) is 0 Å². The maximum atomic E-state index is 11.0. The summed E-state index contributed by atoms with van der Waals surface area (Å²) in [6, 6.07) is 0. The Hall–Kier alpha value is -1.40. The molecule has 0 amide bonds. The summed E-state index contributed by atoms with van der Waals surface area (Å²) in [5.41, 5.74) is 0.702. The lowest BCUT2D eigenvalue weighted by Crippen LogP contribution is -2.49. The summed E-state index contributed by atoms with van der Waals surface area (Å²) < 4.78 is 10.9. The normalized spacial score (nSPS) is 24.8. The van der Waals surface area contributed by atoms with Crippen molar-refractivity contribution in [1.82, 2.24) is 9.88 Å². The van der Waals surface area contributed by atoms with E-state index in [9.17, 15) is 4.79 Å². The highest BCUT2D eigenvalue weighted by Gasteiger charge is 2.30. The molecule has 0 unspecified atom stereocenters. The van der Waals surface area contributed by atoms with Crippen LogP contribution in [0.1, 0.15) is 39.3 Å². The molecule has 1 aromatic rings. The van der Waals surface area contributed by atoms with Gasteiger partial charge in [-0.05, 0) is 6.92 Å². The topological polar surface area (TPSA) is 75.8 Å². The number of ether oxygens (including phenoxy) is 1. The fraction of sp³-hybridized carbons (Fsp3) is 0.714. The van der Waals surface area contributed by atoms with Gasteiger partial charge < -0.3 is 14.3 Å². The molecule has 0 spiro atoms. The van der Waals surface area contributed by atoms with Crippen LogP contribution >= 0.6 is 0 Å². The summed E-state index contributed by atoms with van der Waals surface area (Å²) in [7, 11) is 0. The lowest BCUT2D eigenvalue weighted by molar-refractivity contribution is -0.163. The lowest BCUT2D eigenvalue weighted by Gasteiger charge is -2.34. The quantitative estimate of drug-likeness (QED) is 0.908. The van der Waals surface area contributed by atoms with Crippen LogP contribution in [0.2, 0.25) is 0 Å². The second kappa shape index (κ2) is 5.54. The molecule has 2 rings (SSSR count). The van der Waals surface area contributed by atoms with Crippen molar-refractivity contribution in [3.63, 3.8) is 0 Å². The fourth-order valence-corrected chi connectivity index (χ4v) is 2.26. The minimum absolute atomic E-state index is 0.0983. The van der Waals surface area contributed by atoms with E-state index in [0.29, 0.717) is 25.5 Å². The van der Waals surface area contributed by atoms with Crippen LogP contribution in [0.15, 0.2) is 10.7 Å². The maximum absolute atomic E-state index is 11.0. The van der Waals surface area contributed by atoms with Crippen LogP contribution in [-0.2, 0) is 21.5 Å². The van der Waals surface area contributed by atoms with Crippen molar-refractivity contribution < 1.29 is 19.1 Å². The first kappa shape index (κ1) is 15.0. The molecule has 2 heterocycles. The summed E-state index contributed by atoms with van der Waals surface area (Å²) in [5.74, 6) is -0.222. The van der Waals surface area contributed by atoms with Gasteiger partial charge in [0.25, 0.3) is 0 Å². The Labute approximate surface area is 118 Å². The van der Waals surface area contributed by atoms with Gasteiger partial charge in [0.15, 0.2) is 12.0 Å². The van der Waals surface area contributed by atoms with Crippen LogP contribution < -0.4 is 0 Å². The number of rotatable bonds is 3. The number of carboxylic acid groups (broad SMARTS) is 1. The molecule has 1 saturated heterocycles. The number of carbonyl (C=O) groups is 1. The fourth-order valence-electron chi connectivity index (χ4n) is 2.26. The van der Waals surface area contributed by atoms with Gasteiger partial charge in [0.1, 0.15) is 6.26 Å². The molecular formula is C14H22N2O4. The summed E-state index contributed by atoms with van der Waals surface area (Å²) in [6.07, 6.45) is 0.780. The van der Waals surface area contributed by atoms with Crippen LogP contribution in [0.5, 0.6) is 0 Å². The van der Waals surface area contributed by atoms with Crippen LogP contribution in [0.4, 0.5) is 0 Å². The molecule has 1 aliphatic heterocycles. The largest absolute Gasteiger partial charge is 0.479 e. The van der Waals surface area contributed by atoms with Crippen molar-refractivity contribution in [3.05, 3.63) is 17.8 Å². The number of carboxylic acids is 1. The van der Waals surface area contributed by atoms with Gasteiger partial charge in [-0.25, -0.2) is 9.78 Å². The maximum Gasteiger partial charge on any atom is 0.334 e. The third-order valence-corrected chi connectivity index (χ3v) is 3.19. The minimum Gasteiger partial charge on any atom is -0.479 e. The SMILES string of the molecule is C[C@@H]1CN(Cc2coc(C(C)(C)C)n2)C[C@H](C(=O)O)O1. The molecule has 0 radical (unpaired) electrons. The molecule has 0 aromatic carbocycles. The van der Waals surface area contributed by atoms with E-state index in [0.717, 1.165) is 5.69 Å². The lowest BCUT2D eigenvalue weighted by atomic mass is 9.97. The molecule has 0 aliphatic carbocycles. The average Bonchev–Trinajstić information content (AvgIpc) is 2.76. The molecule has 0 bridgehead atoms. The Kier molecular flexibility index (Phi) is 4.15. The van der Waals surface area contributed by atoms with E-state index in [2.05, 4.69) is 4.98 Å². The molecule has 6 heteroatoms. The van der Waals surface area contributed by atoms with Crippen molar-refractivity contribution >= 4 is 5.97 Å². The summed E-state index contributed by atoms with van der Waals surface area (Å²) in [4.78, 5) is 17.6. The molecule has 2 atom stereocenters. The summed E-state index contributed by atoms with van der Waals surface area (Å²) in [5, 5.41) is 9.06. The number of hydrogen-bond donors (Lipinski definition) is 1. The molecular weight excluding hydrogens is 260 g/mol. The molecule has 0 saturated carbocycles. The van der Waals surface area contributed by atoms with Crippen LogP contribution in [-0.4, -0.2) is 46.3 Å². The first-order valence-corrected chi connectivity index (χ1v) is 6.81. The molecule has 6 nitrogen and oxygen atoms in total. The Bertz CT molecular complexity index is 478. The van der Waals surface area contributed by atoms with Crippen molar-refractivity contribution in [2.24, 2.45) is 0 Å². The van der Waals surface area contributed by atoms with Gasteiger partial charge in [-0.3, -0.25) is 4.90 Å². The highest BCUT2D eigenvalue weighted by Crippen LogP contribution is 2.22. The highest BCUT2D eigenvalue weighted by atomic mass is 16.5. The second-order valence-corrected chi connectivity index (χ2v) is 6.36. The van der Waals surface area contributed by atoms with Gasteiger partial charge in [-0.1, -0.05) is 20.8 Å². The van der Waals surface area contributed by atoms with E-state index in [1.54, 1.807) is 6.26 Å². The minimum atomic E-state index is -0.919. The Balaban J connectivity index is 2.02. The zero-order chi connectivity index (χ0) is 14.9. The van der Waals surface area contributed by atoms with E-state index in [1.165, 1.54) is 0 Å². The number of morpholine rings is 1. The number of aliphatic carboxylic acids is 1. The predicted octanol–water partition coefficient (Wildman–Crippen LogP) is 1.65. The summed E-state index contributed by atoms with van der Waals surface area (Å²) in [6.45, 7) is 9.65. The van der Waals surface area contributed by atoms with Gasteiger partial charge in [-0.15, -0.1) is 0 Å².